The number of nitrogens with one attached hydrogen (secondary N) is 1. The van der Waals surface area contributed by atoms with E-state index in [-0.39, 0.29) is 6.10 Å². The van der Waals surface area contributed by atoms with E-state index in [1.54, 1.807) is 0 Å². The molecule has 0 radical (unpaired) electrons. The minimum atomic E-state index is -0.104. The largest absolute Gasteiger partial charge is 0.392 e. The summed E-state index contributed by atoms with van der Waals surface area (Å²) in [5.74, 6) is 0. The fourth-order valence-corrected chi connectivity index (χ4v) is 2.46. The van der Waals surface area contributed by atoms with E-state index < -0.39 is 0 Å². The molecule has 0 saturated heterocycles. The molecule has 2 heteroatoms. The molecule has 0 aromatic heterocycles. The monoisotopic (exact) mass is 213 g/mol. The number of hydrogen-bond donors (Lipinski definition) is 2. The predicted octanol–water partition coefficient (Wildman–Crippen LogP) is 2.85. The third kappa shape index (κ3) is 4.98. The summed E-state index contributed by atoms with van der Waals surface area (Å²) >= 11 is 0. The molecule has 1 rings (SSSR count). The molecule has 1 aliphatic rings. The Morgan fingerprint density at radius 1 is 1.27 bits per heavy atom. The zero-order chi connectivity index (χ0) is 11.1. The van der Waals surface area contributed by atoms with Crippen LogP contribution in [0.4, 0.5) is 0 Å². The Morgan fingerprint density at radius 2 is 2.00 bits per heavy atom. The van der Waals surface area contributed by atoms with Crippen molar-refractivity contribution in [2.24, 2.45) is 0 Å². The fraction of sp³-hybridized carbons (Fsp3) is 1.00. The van der Waals surface area contributed by atoms with Crippen molar-refractivity contribution in [1.82, 2.24) is 5.32 Å². The number of hydrogen-bond acceptors (Lipinski definition) is 2. The summed E-state index contributed by atoms with van der Waals surface area (Å²) in [7, 11) is 0. The van der Waals surface area contributed by atoms with Gasteiger partial charge in [0.15, 0.2) is 0 Å². The molecular weight excluding hydrogens is 186 g/mol. The molecule has 0 spiro atoms. The van der Waals surface area contributed by atoms with Gasteiger partial charge in [0, 0.05) is 12.1 Å². The Hall–Kier alpha value is -0.0800. The lowest BCUT2D eigenvalue weighted by Crippen LogP contribution is -2.46. The van der Waals surface area contributed by atoms with Crippen LogP contribution in [0.5, 0.6) is 0 Å². The summed E-state index contributed by atoms with van der Waals surface area (Å²) in [5.41, 5.74) is 0. The number of aliphatic hydroxyl groups excluding tert-OH is 1. The van der Waals surface area contributed by atoms with Gasteiger partial charge in [-0.25, -0.2) is 0 Å². The second-order valence-corrected chi connectivity index (χ2v) is 5.02. The fourth-order valence-electron chi connectivity index (χ4n) is 2.46. The van der Waals surface area contributed by atoms with Crippen LogP contribution in [-0.4, -0.2) is 23.3 Å². The van der Waals surface area contributed by atoms with Crippen LogP contribution < -0.4 is 5.32 Å². The van der Waals surface area contributed by atoms with Crippen LogP contribution in [0, 0.1) is 0 Å². The Labute approximate surface area is 94.5 Å². The Kier molecular flexibility index (Phi) is 6.26. The van der Waals surface area contributed by atoms with Gasteiger partial charge in [-0.15, -0.1) is 0 Å². The van der Waals surface area contributed by atoms with Crippen molar-refractivity contribution in [2.45, 2.75) is 83.4 Å². The number of aliphatic hydroxyl groups is 1. The van der Waals surface area contributed by atoms with E-state index in [9.17, 15) is 5.11 Å². The minimum absolute atomic E-state index is 0.104. The van der Waals surface area contributed by atoms with Crippen LogP contribution >= 0.6 is 0 Å². The van der Waals surface area contributed by atoms with E-state index in [4.69, 9.17) is 0 Å². The molecule has 0 unspecified atom stereocenters. The van der Waals surface area contributed by atoms with Gasteiger partial charge in [-0.05, 0) is 26.2 Å². The highest BCUT2D eigenvalue weighted by molar-refractivity contribution is 4.82. The molecule has 1 saturated carbocycles. The van der Waals surface area contributed by atoms with Gasteiger partial charge >= 0.3 is 0 Å². The van der Waals surface area contributed by atoms with Crippen molar-refractivity contribution in [3.05, 3.63) is 0 Å². The van der Waals surface area contributed by atoms with E-state index in [2.05, 4.69) is 19.2 Å². The summed E-state index contributed by atoms with van der Waals surface area (Å²) in [6.45, 7) is 4.49. The smallest absolute Gasteiger partial charge is 0.0693 e. The normalized spacial score (nSPS) is 29.0. The van der Waals surface area contributed by atoms with E-state index in [1.165, 1.54) is 38.5 Å². The first-order valence-corrected chi connectivity index (χ1v) is 6.68. The Morgan fingerprint density at radius 3 is 2.67 bits per heavy atom. The topological polar surface area (TPSA) is 32.3 Å². The lowest BCUT2D eigenvalue weighted by atomic mass is 9.92. The van der Waals surface area contributed by atoms with E-state index in [1.807, 2.05) is 0 Å². The maximum Gasteiger partial charge on any atom is 0.0693 e. The molecule has 0 bridgehead atoms. The molecule has 2 nitrogen and oxygen atoms in total. The summed E-state index contributed by atoms with van der Waals surface area (Å²) in [6, 6.07) is 0.921. The molecule has 1 aliphatic carbocycles. The maximum atomic E-state index is 9.83. The van der Waals surface area contributed by atoms with Crippen molar-refractivity contribution >= 4 is 0 Å². The van der Waals surface area contributed by atoms with Crippen LogP contribution in [0.25, 0.3) is 0 Å². The molecule has 0 aliphatic heterocycles. The Bertz CT molecular complexity index is 161. The summed E-state index contributed by atoms with van der Waals surface area (Å²) in [4.78, 5) is 0. The van der Waals surface area contributed by atoms with Crippen molar-refractivity contribution in [3.63, 3.8) is 0 Å². The van der Waals surface area contributed by atoms with Crippen molar-refractivity contribution in [2.75, 3.05) is 0 Å². The first-order valence-electron chi connectivity index (χ1n) is 6.68. The standard InChI is InChI=1S/C13H27NO/c1-3-4-5-8-11(2)14-12-9-6-7-10-13(12)15/h11-15H,3-10H2,1-2H3/t11-,12+,13-/m0/s1. The first-order chi connectivity index (χ1) is 7.24. The molecule has 90 valence electrons. The molecule has 0 heterocycles. The average Bonchev–Trinajstić information content (AvgIpc) is 2.22. The van der Waals surface area contributed by atoms with Crippen LogP contribution in [0.2, 0.25) is 0 Å². The predicted molar refractivity (Wildman–Crippen MR) is 65.0 cm³/mol. The van der Waals surface area contributed by atoms with Crippen LogP contribution in [0.15, 0.2) is 0 Å². The molecule has 0 aromatic rings. The molecule has 15 heavy (non-hydrogen) atoms. The van der Waals surface area contributed by atoms with Crippen LogP contribution in [-0.2, 0) is 0 Å². The first kappa shape index (κ1) is 13.0. The van der Waals surface area contributed by atoms with Gasteiger partial charge in [-0.1, -0.05) is 39.0 Å². The number of unbranched alkanes of at least 4 members (excludes halogenated alkanes) is 2. The zero-order valence-electron chi connectivity index (χ0n) is 10.3. The van der Waals surface area contributed by atoms with Crippen molar-refractivity contribution in [3.8, 4) is 0 Å². The molecule has 1 fully saturated rings. The molecule has 3 atom stereocenters. The van der Waals surface area contributed by atoms with Gasteiger partial charge in [0.2, 0.25) is 0 Å². The molecular formula is C13H27NO. The summed E-state index contributed by atoms with van der Waals surface area (Å²) < 4.78 is 0. The SMILES string of the molecule is CCCCC[C@H](C)N[C@@H]1CCCC[C@@H]1O. The van der Waals surface area contributed by atoms with Gasteiger partial charge < -0.3 is 10.4 Å². The molecule has 0 aromatic carbocycles. The van der Waals surface area contributed by atoms with Crippen molar-refractivity contribution < 1.29 is 5.11 Å². The highest BCUT2D eigenvalue weighted by Gasteiger charge is 2.23. The quantitative estimate of drug-likeness (QED) is 0.665. The van der Waals surface area contributed by atoms with Crippen LogP contribution in [0.1, 0.15) is 65.2 Å². The van der Waals surface area contributed by atoms with Crippen molar-refractivity contribution in [1.29, 1.82) is 0 Å². The summed E-state index contributed by atoms with van der Waals surface area (Å²) in [6.07, 6.45) is 9.69. The summed E-state index contributed by atoms with van der Waals surface area (Å²) in [5, 5.41) is 13.4. The lowest BCUT2D eigenvalue weighted by Gasteiger charge is -2.31. The molecule has 0 amide bonds. The van der Waals surface area contributed by atoms with E-state index in [0.29, 0.717) is 12.1 Å². The lowest BCUT2D eigenvalue weighted by molar-refractivity contribution is 0.0852. The highest BCUT2D eigenvalue weighted by Crippen LogP contribution is 2.19. The number of rotatable bonds is 6. The van der Waals surface area contributed by atoms with Crippen LogP contribution in [0.3, 0.4) is 0 Å². The second-order valence-electron chi connectivity index (χ2n) is 5.02. The van der Waals surface area contributed by atoms with E-state index >= 15 is 0 Å². The van der Waals surface area contributed by atoms with Gasteiger partial charge in [0.25, 0.3) is 0 Å². The van der Waals surface area contributed by atoms with E-state index in [0.717, 1.165) is 12.8 Å². The average molecular weight is 213 g/mol. The zero-order valence-corrected chi connectivity index (χ0v) is 10.3. The maximum absolute atomic E-state index is 9.83. The third-order valence-electron chi connectivity index (χ3n) is 3.47. The molecule has 2 N–H and O–H groups in total. The van der Waals surface area contributed by atoms with Gasteiger partial charge in [0.05, 0.1) is 6.10 Å². The second kappa shape index (κ2) is 7.24. The highest BCUT2D eigenvalue weighted by atomic mass is 16.3. The van der Waals surface area contributed by atoms with Gasteiger partial charge in [-0.3, -0.25) is 0 Å². The minimum Gasteiger partial charge on any atom is -0.392 e. The van der Waals surface area contributed by atoms with Gasteiger partial charge in [0.1, 0.15) is 0 Å². The van der Waals surface area contributed by atoms with Gasteiger partial charge in [-0.2, -0.15) is 0 Å². The third-order valence-corrected chi connectivity index (χ3v) is 3.47. The Balaban J connectivity index is 2.15.